The molecule has 0 radical (unpaired) electrons. The van der Waals surface area contributed by atoms with Crippen molar-refractivity contribution >= 4 is 15.7 Å². The molecule has 7 heteroatoms. The van der Waals surface area contributed by atoms with Crippen LogP contribution in [-0.4, -0.2) is 30.9 Å². The molecular formula is C17H23N3O3S. The second kappa shape index (κ2) is 6.94. The first-order valence-corrected chi connectivity index (χ1v) is 9.66. The number of ether oxygens (including phenoxy) is 1. The quantitative estimate of drug-likeness (QED) is 0.901. The van der Waals surface area contributed by atoms with Crippen LogP contribution in [0.3, 0.4) is 0 Å². The fourth-order valence-electron chi connectivity index (χ4n) is 2.77. The average molecular weight is 349 g/mol. The Labute approximate surface area is 142 Å². The number of benzene rings is 1. The van der Waals surface area contributed by atoms with Crippen LogP contribution in [0, 0.1) is 13.8 Å². The summed E-state index contributed by atoms with van der Waals surface area (Å²) in [5.41, 5.74) is 2.47. The first-order chi connectivity index (χ1) is 11.4. The molecular weight excluding hydrogens is 326 g/mol. The minimum absolute atomic E-state index is 0.155. The van der Waals surface area contributed by atoms with Gasteiger partial charge in [-0.1, -0.05) is 6.07 Å². The zero-order valence-corrected chi connectivity index (χ0v) is 14.8. The van der Waals surface area contributed by atoms with Crippen molar-refractivity contribution in [3.63, 3.8) is 0 Å². The number of nitrogens with zero attached hydrogens (tertiary/aromatic N) is 2. The van der Waals surface area contributed by atoms with Crippen LogP contribution in [0.4, 0.5) is 5.69 Å². The lowest BCUT2D eigenvalue weighted by molar-refractivity contribution is 0.00401. The van der Waals surface area contributed by atoms with Gasteiger partial charge in [-0.3, -0.25) is 9.40 Å². The highest BCUT2D eigenvalue weighted by molar-refractivity contribution is 7.92. The Bertz CT molecular complexity index is 808. The van der Waals surface area contributed by atoms with Crippen LogP contribution in [0.1, 0.15) is 30.4 Å². The molecule has 1 aliphatic rings. The van der Waals surface area contributed by atoms with Crippen LogP contribution < -0.4 is 4.72 Å². The second-order valence-electron chi connectivity index (χ2n) is 6.29. The number of aromatic nitrogens is 2. The van der Waals surface area contributed by atoms with Gasteiger partial charge in [0.05, 0.1) is 29.4 Å². The van der Waals surface area contributed by atoms with Crippen molar-refractivity contribution in [2.45, 2.75) is 50.7 Å². The molecule has 2 aromatic rings. The molecule has 1 atom stereocenters. The van der Waals surface area contributed by atoms with E-state index in [-0.39, 0.29) is 11.0 Å². The third kappa shape index (κ3) is 3.96. The Balaban J connectivity index is 1.69. The normalized spacial score (nSPS) is 18.5. The van der Waals surface area contributed by atoms with Crippen LogP contribution in [-0.2, 0) is 21.3 Å². The van der Waals surface area contributed by atoms with Crippen molar-refractivity contribution in [2.24, 2.45) is 0 Å². The number of hydrogen-bond acceptors (Lipinski definition) is 4. The molecule has 0 amide bonds. The zero-order valence-electron chi connectivity index (χ0n) is 14.0. The SMILES string of the molecule is Cc1ccc(S(=O)(=O)Nc2cnn(CC3CCCCO3)c2)cc1C. The summed E-state index contributed by atoms with van der Waals surface area (Å²) in [6.07, 6.45) is 6.68. The van der Waals surface area contributed by atoms with E-state index in [0.717, 1.165) is 37.0 Å². The Hall–Kier alpha value is -1.86. The molecule has 2 heterocycles. The van der Waals surface area contributed by atoms with Gasteiger partial charge in [0.2, 0.25) is 0 Å². The molecule has 0 bridgehead atoms. The van der Waals surface area contributed by atoms with Gasteiger partial charge in [0.15, 0.2) is 0 Å². The standard InChI is InChI=1S/C17H23N3O3S/c1-13-6-7-17(9-14(13)2)24(21,22)19-15-10-18-20(11-15)12-16-5-3-4-8-23-16/h6-7,9-11,16,19H,3-5,8,12H2,1-2H3. The molecule has 1 saturated heterocycles. The number of rotatable bonds is 5. The van der Waals surface area contributed by atoms with Gasteiger partial charge in [-0.25, -0.2) is 8.42 Å². The highest BCUT2D eigenvalue weighted by atomic mass is 32.2. The number of anilines is 1. The van der Waals surface area contributed by atoms with E-state index in [9.17, 15) is 8.42 Å². The predicted octanol–water partition coefficient (Wildman–Crippen LogP) is 2.87. The molecule has 1 fully saturated rings. The van der Waals surface area contributed by atoms with Crippen LogP contribution >= 0.6 is 0 Å². The Morgan fingerprint density at radius 3 is 2.83 bits per heavy atom. The summed E-state index contributed by atoms with van der Waals surface area (Å²) >= 11 is 0. The smallest absolute Gasteiger partial charge is 0.262 e. The molecule has 130 valence electrons. The van der Waals surface area contributed by atoms with Gasteiger partial charge in [-0.2, -0.15) is 5.10 Å². The summed E-state index contributed by atoms with van der Waals surface area (Å²) in [7, 11) is -3.61. The van der Waals surface area contributed by atoms with Gasteiger partial charge in [0, 0.05) is 12.8 Å². The van der Waals surface area contributed by atoms with E-state index < -0.39 is 10.0 Å². The minimum atomic E-state index is -3.61. The molecule has 1 aromatic carbocycles. The zero-order chi connectivity index (χ0) is 17.2. The van der Waals surface area contributed by atoms with E-state index in [1.165, 1.54) is 6.20 Å². The predicted molar refractivity (Wildman–Crippen MR) is 92.5 cm³/mol. The fourth-order valence-corrected chi connectivity index (χ4v) is 3.88. The summed E-state index contributed by atoms with van der Waals surface area (Å²) < 4.78 is 35.0. The maximum Gasteiger partial charge on any atom is 0.262 e. The number of hydrogen-bond donors (Lipinski definition) is 1. The summed E-state index contributed by atoms with van der Waals surface area (Å²) in [4.78, 5) is 0.258. The Kier molecular flexibility index (Phi) is 4.91. The van der Waals surface area contributed by atoms with Crippen LogP contribution in [0.5, 0.6) is 0 Å². The molecule has 0 saturated carbocycles. The number of sulfonamides is 1. The lowest BCUT2D eigenvalue weighted by atomic mass is 10.1. The molecule has 6 nitrogen and oxygen atoms in total. The largest absolute Gasteiger partial charge is 0.376 e. The van der Waals surface area contributed by atoms with Crippen LogP contribution in [0.25, 0.3) is 0 Å². The van der Waals surface area contributed by atoms with Gasteiger partial charge in [-0.15, -0.1) is 0 Å². The van der Waals surface area contributed by atoms with Crippen molar-refractivity contribution in [3.8, 4) is 0 Å². The molecule has 3 rings (SSSR count). The summed E-state index contributed by atoms with van der Waals surface area (Å²) in [6, 6.07) is 5.11. The molecule has 1 unspecified atom stereocenters. The Morgan fingerprint density at radius 2 is 2.12 bits per heavy atom. The second-order valence-corrected chi connectivity index (χ2v) is 7.97. The van der Waals surface area contributed by atoms with Crippen molar-refractivity contribution < 1.29 is 13.2 Å². The first kappa shape index (κ1) is 17.0. The maximum absolute atomic E-state index is 12.5. The monoisotopic (exact) mass is 349 g/mol. The molecule has 0 spiro atoms. The summed E-state index contributed by atoms with van der Waals surface area (Å²) in [5.74, 6) is 0. The lowest BCUT2D eigenvalue weighted by Gasteiger charge is -2.22. The van der Waals surface area contributed by atoms with Gasteiger partial charge in [0.25, 0.3) is 10.0 Å². The van der Waals surface area contributed by atoms with Crippen molar-refractivity contribution in [2.75, 3.05) is 11.3 Å². The van der Waals surface area contributed by atoms with Crippen molar-refractivity contribution in [1.82, 2.24) is 9.78 Å². The first-order valence-electron chi connectivity index (χ1n) is 8.18. The van der Waals surface area contributed by atoms with Gasteiger partial charge in [0.1, 0.15) is 0 Å². The van der Waals surface area contributed by atoms with Gasteiger partial charge >= 0.3 is 0 Å². The molecule has 1 aliphatic heterocycles. The molecule has 0 aliphatic carbocycles. The third-order valence-corrected chi connectivity index (χ3v) is 5.72. The van der Waals surface area contributed by atoms with E-state index in [0.29, 0.717) is 12.2 Å². The van der Waals surface area contributed by atoms with Crippen molar-refractivity contribution in [1.29, 1.82) is 0 Å². The van der Waals surface area contributed by atoms with Crippen LogP contribution in [0.15, 0.2) is 35.5 Å². The lowest BCUT2D eigenvalue weighted by Crippen LogP contribution is -2.24. The van der Waals surface area contributed by atoms with E-state index in [2.05, 4.69) is 9.82 Å². The molecule has 1 aromatic heterocycles. The highest BCUT2D eigenvalue weighted by Gasteiger charge is 2.18. The molecule has 24 heavy (non-hydrogen) atoms. The third-order valence-electron chi connectivity index (χ3n) is 4.34. The van der Waals surface area contributed by atoms with Crippen LogP contribution in [0.2, 0.25) is 0 Å². The summed E-state index contributed by atoms with van der Waals surface area (Å²) in [6.45, 7) is 5.29. The number of aryl methyl sites for hydroxylation is 2. The van der Waals surface area contributed by atoms with E-state index in [1.807, 2.05) is 19.9 Å². The highest BCUT2D eigenvalue weighted by Crippen LogP contribution is 2.19. The molecule has 1 N–H and O–H groups in total. The van der Waals surface area contributed by atoms with E-state index in [1.54, 1.807) is 23.0 Å². The maximum atomic E-state index is 12.5. The fraction of sp³-hybridized carbons (Fsp3) is 0.471. The van der Waals surface area contributed by atoms with Crippen molar-refractivity contribution in [3.05, 3.63) is 41.7 Å². The van der Waals surface area contributed by atoms with E-state index >= 15 is 0 Å². The van der Waals surface area contributed by atoms with Gasteiger partial charge in [-0.05, 0) is 56.4 Å². The van der Waals surface area contributed by atoms with E-state index in [4.69, 9.17) is 4.74 Å². The topological polar surface area (TPSA) is 73.2 Å². The van der Waals surface area contributed by atoms with Gasteiger partial charge < -0.3 is 4.74 Å². The average Bonchev–Trinajstić information content (AvgIpc) is 2.97. The summed E-state index contributed by atoms with van der Waals surface area (Å²) in [5, 5.41) is 4.23. The number of nitrogens with one attached hydrogen (secondary N) is 1. The Morgan fingerprint density at radius 1 is 1.29 bits per heavy atom. The minimum Gasteiger partial charge on any atom is -0.376 e.